The Hall–Kier alpha value is -6.11. The number of hydrogen-bond donors (Lipinski definition) is 15. The molecule has 24 heteroatoms. The molecule has 7 amide bonds. The molecule has 2 rings (SSSR count). The number of carbonyl (C=O) groups excluding carboxylic acids is 7. The predicted molar refractivity (Wildman–Crippen MR) is 228 cm³/mol. The summed E-state index contributed by atoms with van der Waals surface area (Å²) >= 11 is 0. The van der Waals surface area contributed by atoms with Gasteiger partial charge >= 0.3 is 5.97 Å². The number of carbonyl (C=O) groups is 8. The number of phenolic OH excluding ortho intramolecular Hbond substituents is 1. The van der Waals surface area contributed by atoms with Crippen LogP contribution >= 0.6 is 0 Å². The molecular weight excluding hydrogens is 843 g/mol. The Morgan fingerprint density at radius 1 is 0.750 bits per heavy atom. The predicted octanol–water partition coefficient (Wildman–Crippen LogP) is -4.81. The smallest absolute Gasteiger partial charge is 0.326 e. The van der Waals surface area contributed by atoms with E-state index in [1.165, 1.54) is 36.1 Å². The minimum atomic E-state index is -1.73. The zero-order valence-corrected chi connectivity index (χ0v) is 36.6. The highest BCUT2D eigenvalue weighted by Gasteiger charge is 2.41. The van der Waals surface area contributed by atoms with Crippen molar-refractivity contribution in [2.75, 3.05) is 26.3 Å². The zero-order chi connectivity index (χ0) is 48.4. The van der Waals surface area contributed by atoms with Crippen LogP contribution in [0.1, 0.15) is 65.9 Å². The van der Waals surface area contributed by atoms with Gasteiger partial charge in [-0.15, -0.1) is 0 Å². The molecule has 0 saturated carbocycles. The summed E-state index contributed by atoms with van der Waals surface area (Å²) in [6.07, 6.45) is -0.544. The SMILES string of the molecule is CC(C)[C@H](NC(=O)[C@H](Cc1ccc(O)cc1)NC(=O)[C@@H](N)[C@@H](C)O)C(=O)N[C@@H](CO)C(=O)N[C@@H](CO)C(=O)N[C@H](C(=O)N1CCC[C@H]1C(=O)N[C@@H](CCCNC(=N)N)C(=O)O)C(C)C. The lowest BCUT2D eigenvalue weighted by Gasteiger charge is -2.32. The number of hydrogen-bond acceptors (Lipinski definition) is 14. The Bertz CT molecular complexity index is 1800. The second-order valence-electron chi connectivity index (χ2n) is 16.2. The third-order valence-corrected chi connectivity index (χ3v) is 10.4. The molecule has 1 aromatic carbocycles. The van der Waals surface area contributed by atoms with E-state index >= 15 is 0 Å². The van der Waals surface area contributed by atoms with Crippen LogP contribution in [-0.4, -0.2) is 164 Å². The quantitative estimate of drug-likeness (QED) is 0.0249. The van der Waals surface area contributed by atoms with Gasteiger partial charge in [0, 0.05) is 19.5 Å². The van der Waals surface area contributed by atoms with Gasteiger partial charge in [0.25, 0.3) is 0 Å². The van der Waals surface area contributed by atoms with Crippen LogP contribution in [0, 0.1) is 17.2 Å². The van der Waals surface area contributed by atoms with Gasteiger partial charge in [-0.1, -0.05) is 39.8 Å². The van der Waals surface area contributed by atoms with Crippen LogP contribution in [0.3, 0.4) is 0 Å². The highest BCUT2D eigenvalue weighted by atomic mass is 16.4. The maximum Gasteiger partial charge on any atom is 0.326 e. The number of guanidine groups is 1. The molecule has 0 unspecified atom stereocenters. The Morgan fingerprint density at radius 2 is 1.27 bits per heavy atom. The van der Waals surface area contributed by atoms with Crippen molar-refractivity contribution in [1.82, 2.24) is 42.1 Å². The van der Waals surface area contributed by atoms with E-state index in [0.717, 1.165) is 0 Å². The number of nitrogens with one attached hydrogen (secondary N) is 8. The van der Waals surface area contributed by atoms with Gasteiger partial charge in [0.15, 0.2) is 5.96 Å². The topological polar surface area (TPSA) is 401 Å². The second kappa shape index (κ2) is 25.9. The first-order valence-corrected chi connectivity index (χ1v) is 20.9. The van der Waals surface area contributed by atoms with Crippen molar-refractivity contribution in [3.63, 3.8) is 0 Å². The van der Waals surface area contributed by atoms with Gasteiger partial charge in [0.2, 0.25) is 41.4 Å². The summed E-state index contributed by atoms with van der Waals surface area (Å²) in [6.45, 7) is 5.92. The van der Waals surface area contributed by atoms with Gasteiger partial charge in [0.05, 0.1) is 19.3 Å². The molecule has 1 aromatic rings. The third-order valence-electron chi connectivity index (χ3n) is 10.4. The van der Waals surface area contributed by atoms with Gasteiger partial charge in [-0.3, -0.25) is 39.0 Å². The van der Waals surface area contributed by atoms with E-state index in [9.17, 15) is 63.9 Å². The van der Waals surface area contributed by atoms with Gasteiger partial charge < -0.3 is 79.1 Å². The second-order valence-corrected chi connectivity index (χ2v) is 16.2. The molecule has 1 saturated heterocycles. The summed E-state index contributed by atoms with van der Waals surface area (Å²) in [5, 5.41) is 73.7. The van der Waals surface area contributed by atoms with Gasteiger partial charge in [0.1, 0.15) is 54.1 Å². The monoisotopic (exact) mass is 907 g/mol. The van der Waals surface area contributed by atoms with E-state index in [4.69, 9.17) is 16.9 Å². The molecule has 0 aliphatic carbocycles. The van der Waals surface area contributed by atoms with Crippen LogP contribution in [-0.2, 0) is 44.8 Å². The van der Waals surface area contributed by atoms with Crippen molar-refractivity contribution in [2.45, 2.75) is 121 Å². The van der Waals surface area contributed by atoms with Crippen molar-refractivity contribution in [1.29, 1.82) is 5.41 Å². The zero-order valence-electron chi connectivity index (χ0n) is 36.6. The number of nitrogens with zero attached hydrogens (tertiary/aromatic N) is 1. The molecule has 17 N–H and O–H groups in total. The number of amides is 7. The van der Waals surface area contributed by atoms with E-state index < -0.39 is 127 Å². The van der Waals surface area contributed by atoms with E-state index in [0.29, 0.717) is 12.0 Å². The lowest BCUT2D eigenvalue weighted by Crippen LogP contribution is -2.62. The van der Waals surface area contributed by atoms with Crippen molar-refractivity contribution < 1.29 is 63.9 Å². The van der Waals surface area contributed by atoms with Crippen molar-refractivity contribution in [3.8, 4) is 5.75 Å². The Kier molecular flexibility index (Phi) is 21.8. The summed E-state index contributed by atoms with van der Waals surface area (Å²) in [4.78, 5) is 107. The normalized spacial score (nSPS) is 17.4. The number of nitrogens with two attached hydrogens (primary N) is 2. The molecule has 0 aromatic heterocycles. The highest BCUT2D eigenvalue weighted by molar-refractivity contribution is 5.98. The first-order valence-electron chi connectivity index (χ1n) is 20.9. The number of rotatable bonds is 25. The maximum absolute atomic E-state index is 13.9. The average Bonchev–Trinajstić information content (AvgIpc) is 3.73. The number of aromatic hydroxyl groups is 1. The van der Waals surface area contributed by atoms with Crippen LogP contribution in [0.4, 0.5) is 0 Å². The molecule has 9 atom stereocenters. The van der Waals surface area contributed by atoms with Crippen molar-refractivity contribution in [3.05, 3.63) is 29.8 Å². The Balaban J connectivity index is 2.16. The molecule has 0 bridgehead atoms. The Labute approximate surface area is 370 Å². The fraction of sp³-hybridized carbons (Fsp3) is 0.625. The number of benzene rings is 1. The number of aliphatic carboxylic acids is 1. The van der Waals surface area contributed by atoms with Crippen LogP contribution in [0.2, 0.25) is 0 Å². The molecule has 1 aliphatic rings. The summed E-state index contributed by atoms with van der Waals surface area (Å²) in [5.41, 5.74) is 11.5. The molecule has 1 aliphatic heterocycles. The minimum absolute atomic E-state index is 0.00313. The first kappa shape index (κ1) is 54.0. The van der Waals surface area contributed by atoms with E-state index in [2.05, 4.69) is 37.2 Å². The first-order chi connectivity index (χ1) is 30.0. The Morgan fingerprint density at radius 3 is 1.78 bits per heavy atom. The number of carboxylic acid groups (broad SMARTS) is 1. The highest BCUT2D eigenvalue weighted by Crippen LogP contribution is 2.21. The molecule has 358 valence electrons. The van der Waals surface area contributed by atoms with Crippen LogP contribution in [0.25, 0.3) is 0 Å². The summed E-state index contributed by atoms with van der Waals surface area (Å²) in [5.74, 6) is -9.12. The molecule has 64 heavy (non-hydrogen) atoms. The fourth-order valence-electron chi connectivity index (χ4n) is 6.58. The number of phenols is 1. The molecule has 0 spiro atoms. The lowest BCUT2D eigenvalue weighted by molar-refractivity contribution is -0.145. The van der Waals surface area contributed by atoms with Gasteiger partial charge in [-0.25, -0.2) is 4.79 Å². The average molecular weight is 908 g/mol. The molecule has 0 radical (unpaired) electrons. The van der Waals surface area contributed by atoms with Crippen LogP contribution in [0.15, 0.2) is 24.3 Å². The van der Waals surface area contributed by atoms with E-state index in [1.807, 2.05) is 0 Å². The number of aliphatic hydroxyl groups is 3. The standard InChI is InChI=1S/C40H65N11O13/c1-19(2)30(49-32(56)25(46-36(60)29(41)21(5)54)16-22-10-12-23(55)13-11-22)37(61)48-26(17-52)33(57)47-27(18-53)34(58)50-31(20(3)4)38(62)51-15-7-9-28(51)35(59)45-24(39(63)64)8-6-14-44-40(42)43/h10-13,19-21,24-31,52-55H,6-9,14-18,41H2,1-5H3,(H,45,59)(H,46,60)(H,47,57)(H,48,61)(H,49,56)(H,50,58)(H,63,64)(H4,42,43,44)/t21-,24+,25+,26+,27+,28+,29+,30+,31+/m1/s1. The number of aliphatic hydroxyl groups excluding tert-OH is 3. The molecular formula is C40H65N11O13. The number of carboxylic acids is 1. The van der Waals surface area contributed by atoms with Crippen LogP contribution < -0.4 is 48.7 Å². The van der Waals surface area contributed by atoms with Crippen LogP contribution in [0.5, 0.6) is 5.75 Å². The largest absolute Gasteiger partial charge is 0.508 e. The number of likely N-dealkylation sites (tertiary alicyclic amines) is 1. The molecule has 24 nitrogen and oxygen atoms in total. The van der Waals surface area contributed by atoms with E-state index in [-0.39, 0.29) is 50.5 Å². The summed E-state index contributed by atoms with van der Waals surface area (Å²) < 4.78 is 0. The fourth-order valence-corrected chi connectivity index (χ4v) is 6.58. The minimum Gasteiger partial charge on any atom is -0.508 e. The summed E-state index contributed by atoms with van der Waals surface area (Å²) in [7, 11) is 0. The van der Waals surface area contributed by atoms with Crippen molar-refractivity contribution >= 4 is 53.3 Å². The third kappa shape index (κ3) is 16.5. The van der Waals surface area contributed by atoms with Gasteiger partial charge in [-0.05, 0) is 62.1 Å². The lowest BCUT2D eigenvalue weighted by atomic mass is 10.00. The van der Waals surface area contributed by atoms with Crippen molar-refractivity contribution in [2.24, 2.45) is 23.3 Å². The summed E-state index contributed by atoms with van der Waals surface area (Å²) in [6, 6.07) is -5.47. The maximum atomic E-state index is 13.9. The molecule has 1 fully saturated rings. The van der Waals surface area contributed by atoms with Gasteiger partial charge in [-0.2, -0.15) is 0 Å². The molecule has 1 heterocycles. The van der Waals surface area contributed by atoms with E-state index in [1.54, 1.807) is 27.7 Å².